The molecule has 1 aromatic heterocycles. The van der Waals surface area contributed by atoms with Gasteiger partial charge in [-0.05, 0) is 61.3 Å². The number of aromatic nitrogens is 1. The van der Waals surface area contributed by atoms with E-state index in [0.29, 0.717) is 0 Å². The number of piperazine rings is 1. The van der Waals surface area contributed by atoms with E-state index < -0.39 is 0 Å². The van der Waals surface area contributed by atoms with Gasteiger partial charge in [0.1, 0.15) is 0 Å². The molecule has 172 valence electrons. The Bertz CT molecular complexity index is 827. The number of nitrogens with zero attached hydrogens (tertiary/aromatic N) is 5. The molecule has 2 aliphatic heterocycles. The van der Waals surface area contributed by atoms with E-state index >= 15 is 0 Å². The molecule has 0 bridgehead atoms. The highest BCUT2D eigenvalue weighted by molar-refractivity contribution is 5.94. The second-order valence-electron chi connectivity index (χ2n) is 9.23. The molecule has 3 heterocycles. The molecule has 0 radical (unpaired) electrons. The van der Waals surface area contributed by atoms with Crippen LogP contribution in [0.5, 0.6) is 0 Å². The van der Waals surface area contributed by atoms with Gasteiger partial charge in [0, 0.05) is 77.4 Å². The lowest BCUT2D eigenvalue weighted by molar-refractivity contribution is 0.0773. The summed E-state index contributed by atoms with van der Waals surface area (Å²) in [6.07, 6.45) is 7.66. The summed E-state index contributed by atoms with van der Waals surface area (Å²) in [5, 5.41) is 0. The van der Waals surface area contributed by atoms with Crippen molar-refractivity contribution < 1.29 is 4.79 Å². The highest BCUT2D eigenvalue weighted by atomic mass is 16.2. The Kier molecular flexibility index (Phi) is 8.26. The molecule has 0 aliphatic carbocycles. The summed E-state index contributed by atoms with van der Waals surface area (Å²) in [7, 11) is 1.92. The van der Waals surface area contributed by atoms with Crippen LogP contribution in [-0.2, 0) is 13.1 Å². The van der Waals surface area contributed by atoms with E-state index in [2.05, 4.69) is 43.9 Å². The first-order valence-electron chi connectivity index (χ1n) is 12.1. The number of amides is 1. The molecule has 1 aromatic carbocycles. The van der Waals surface area contributed by atoms with Crippen LogP contribution >= 0.6 is 0 Å². The minimum absolute atomic E-state index is 0.123. The van der Waals surface area contributed by atoms with Gasteiger partial charge in [-0.25, -0.2) is 0 Å². The van der Waals surface area contributed by atoms with Crippen LogP contribution in [0.15, 0.2) is 48.8 Å². The van der Waals surface area contributed by atoms with Crippen LogP contribution in [0.1, 0.15) is 40.7 Å². The van der Waals surface area contributed by atoms with Crippen LogP contribution in [0.4, 0.5) is 0 Å². The van der Waals surface area contributed by atoms with Crippen molar-refractivity contribution in [3.05, 3.63) is 65.5 Å². The number of likely N-dealkylation sites (N-methyl/N-ethyl adjacent to an activating group) is 1. The maximum Gasteiger partial charge on any atom is 0.253 e. The van der Waals surface area contributed by atoms with Crippen LogP contribution < -0.4 is 0 Å². The molecule has 6 nitrogen and oxygen atoms in total. The lowest BCUT2D eigenvalue weighted by atomic mass is 10.1. The Labute approximate surface area is 192 Å². The molecule has 2 fully saturated rings. The molecule has 1 amide bonds. The average Bonchev–Trinajstić information content (AvgIpc) is 2.85. The lowest BCUT2D eigenvalue weighted by Crippen LogP contribution is -2.45. The molecule has 0 N–H and O–H groups in total. The summed E-state index contributed by atoms with van der Waals surface area (Å²) in [5.41, 5.74) is 3.40. The molecule has 6 heteroatoms. The fourth-order valence-corrected chi connectivity index (χ4v) is 4.66. The standard InChI is InChI=1S/C26H37N5O/c1-28(15-16-29-13-3-2-4-14-29)26(32)25-7-5-23(6-8-25)21-30-17-19-31(20-18-30)22-24-9-11-27-12-10-24/h5-12H,2-4,13-22H2,1H3. The zero-order chi connectivity index (χ0) is 22.2. The Morgan fingerprint density at radius 1 is 0.781 bits per heavy atom. The third kappa shape index (κ3) is 6.61. The van der Waals surface area contributed by atoms with Gasteiger partial charge in [0.15, 0.2) is 0 Å². The number of benzene rings is 1. The Morgan fingerprint density at radius 2 is 1.34 bits per heavy atom. The van der Waals surface area contributed by atoms with Crippen molar-refractivity contribution >= 4 is 5.91 Å². The first kappa shape index (κ1) is 22.9. The number of hydrogen-bond acceptors (Lipinski definition) is 5. The maximum absolute atomic E-state index is 12.8. The van der Waals surface area contributed by atoms with Gasteiger partial charge in [-0.15, -0.1) is 0 Å². The van der Waals surface area contributed by atoms with Gasteiger partial charge in [0.25, 0.3) is 5.91 Å². The minimum atomic E-state index is 0.123. The molecule has 0 unspecified atom stereocenters. The van der Waals surface area contributed by atoms with Gasteiger partial charge in [0.2, 0.25) is 0 Å². The monoisotopic (exact) mass is 435 g/mol. The van der Waals surface area contributed by atoms with Crippen molar-refractivity contribution in [3.8, 4) is 0 Å². The topological polar surface area (TPSA) is 42.9 Å². The first-order valence-corrected chi connectivity index (χ1v) is 12.1. The van der Waals surface area contributed by atoms with Crippen LogP contribution in [-0.4, -0.2) is 89.9 Å². The fraction of sp³-hybridized carbons (Fsp3) is 0.538. The molecule has 0 saturated carbocycles. The summed E-state index contributed by atoms with van der Waals surface area (Å²) in [5.74, 6) is 0.123. The van der Waals surface area contributed by atoms with Gasteiger partial charge in [0.05, 0.1) is 0 Å². The average molecular weight is 436 g/mol. The molecule has 2 saturated heterocycles. The number of carbonyl (C=O) groups excluding carboxylic acids is 1. The smallest absolute Gasteiger partial charge is 0.253 e. The van der Waals surface area contributed by atoms with Crippen molar-refractivity contribution in [1.29, 1.82) is 0 Å². The largest absolute Gasteiger partial charge is 0.340 e. The van der Waals surface area contributed by atoms with Crippen LogP contribution in [0.25, 0.3) is 0 Å². The second-order valence-corrected chi connectivity index (χ2v) is 9.23. The first-order chi connectivity index (χ1) is 15.7. The molecule has 0 spiro atoms. The number of pyridine rings is 1. The van der Waals surface area contributed by atoms with Crippen molar-refractivity contribution in [3.63, 3.8) is 0 Å². The Morgan fingerprint density at radius 3 is 1.94 bits per heavy atom. The quantitative estimate of drug-likeness (QED) is 0.638. The van der Waals surface area contributed by atoms with Crippen LogP contribution in [0, 0.1) is 0 Å². The van der Waals surface area contributed by atoms with Gasteiger partial charge >= 0.3 is 0 Å². The van der Waals surface area contributed by atoms with E-state index in [9.17, 15) is 4.79 Å². The van der Waals surface area contributed by atoms with Crippen molar-refractivity contribution in [2.75, 3.05) is 59.4 Å². The van der Waals surface area contributed by atoms with E-state index in [4.69, 9.17) is 0 Å². The van der Waals surface area contributed by atoms with Gasteiger partial charge < -0.3 is 9.80 Å². The Balaban J connectivity index is 1.20. The number of likely N-dealkylation sites (tertiary alicyclic amines) is 1. The lowest BCUT2D eigenvalue weighted by Gasteiger charge is -2.34. The number of piperidine rings is 1. The molecule has 0 atom stereocenters. The van der Waals surface area contributed by atoms with E-state index in [-0.39, 0.29) is 5.91 Å². The number of hydrogen-bond donors (Lipinski definition) is 0. The van der Waals surface area contributed by atoms with Gasteiger partial charge in [-0.1, -0.05) is 18.6 Å². The van der Waals surface area contributed by atoms with Crippen molar-refractivity contribution in [1.82, 2.24) is 24.6 Å². The van der Waals surface area contributed by atoms with E-state index in [1.165, 1.54) is 43.5 Å². The predicted octanol–water partition coefficient (Wildman–Crippen LogP) is 2.96. The highest BCUT2D eigenvalue weighted by Gasteiger charge is 2.18. The van der Waals surface area contributed by atoms with Gasteiger partial charge in [-0.2, -0.15) is 0 Å². The van der Waals surface area contributed by atoms with Crippen LogP contribution in [0.3, 0.4) is 0 Å². The predicted molar refractivity (Wildman–Crippen MR) is 128 cm³/mol. The normalized spacial score (nSPS) is 18.5. The molecule has 2 aliphatic rings. The number of rotatable bonds is 8. The highest BCUT2D eigenvalue weighted by Crippen LogP contribution is 2.14. The summed E-state index contributed by atoms with van der Waals surface area (Å²) in [6, 6.07) is 12.4. The summed E-state index contributed by atoms with van der Waals surface area (Å²) in [4.78, 5) is 26.3. The third-order valence-corrected chi connectivity index (χ3v) is 6.77. The zero-order valence-electron chi connectivity index (χ0n) is 19.5. The fourth-order valence-electron chi connectivity index (χ4n) is 4.66. The molecule has 32 heavy (non-hydrogen) atoms. The second kappa shape index (κ2) is 11.5. The van der Waals surface area contributed by atoms with Gasteiger partial charge in [-0.3, -0.25) is 19.6 Å². The van der Waals surface area contributed by atoms with Crippen molar-refractivity contribution in [2.24, 2.45) is 0 Å². The van der Waals surface area contributed by atoms with E-state index in [1.807, 2.05) is 36.5 Å². The summed E-state index contributed by atoms with van der Waals surface area (Å²) in [6.45, 7) is 10.4. The third-order valence-electron chi connectivity index (χ3n) is 6.77. The summed E-state index contributed by atoms with van der Waals surface area (Å²) >= 11 is 0. The number of carbonyl (C=O) groups is 1. The SMILES string of the molecule is CN(CCN1CCCCC1)C(=O)c1ccc(CN2CCN(Cc3ccncc3)CC2)cc1. The van der Waals surface area contributed by atoms with E-state index in [1.54, 1.807) is 0 Å². The molecule has 2 aromatic rings. The summed E-state index contributed by atoms with van der Waals surface area (Å²) < 4.78 is 0. The molecular formula is C26H37N5O. The molecule has 4 rings (SSSR count). The maximum atomic E-state index is 12.8. The molecular weight excluding hydrogens is 398 g/mol. The zero-order valence-corrected chi connectivity index (χ0v) is 19.5. The van der Waals surface area contributed by atoms with Crippen LogP contribution in [0.2, 0.25) is 0 Å². The van der Waals surface area contributed by atoms with Crippen molar-refractivity contribution in [2.45, 2.75) is 32.4 Å². The minimum Gasteiger partial charge on any atom is -0.340 e. The van der Waals surface area contributed by atoms with E-state index in [0.717, 1.165) is 57.9 Å². The Hall–Kier alpha value is -2.28.